The van der Waals surface area contributed by atoms with Gasteiger partial charge in [0.2, 0.25) is 0 Å². The van der Waals surface area contributed by atoms with Crippen LogP contribution in [0.4, 0.5) is 0 Å². The first-order valence-corrected chi connectivity index (χ1v) is 4.39. The maximum Gasteiger partial charge on any atom is 0.335 e. The van der Waals surface area contributed by atoms with Gasteiger partial charge in [-0.3, -0.25) is 0 Å². The smallest absolute Gasteiger partial charge is 0.335 e. The number of aromatic carboxylic acids is 1. The van der Waals surface area contributed by atoms with Crippen LogP contribution in [0.1, 0.15) is 10.4 Å². The Balaban J connectivity index is 2.45. The average Bonchev–Trinajstić information content (AvgIpc) is 2.49. The summed E-state index contributed by atoms with van der Waals surface area (Å²) in [5.41, 5.74) is 0.312. The Hall–Kier alpha value is -1.16. The fourth-order valence-corrected chi connectivity index (χ4v) is 1.82. The van der Waals surface area contributed by atoms with E-state index in [0.717, 1.165) is 10.6 Å². The van der Waals surface area contributed by atoms with Gasteiger partial charge in [0.1, 0.15) is 11.7 Å². The third-order valence-corrected chi connectivity index (χ3v) is 2.49. The second-order valence-corrected chi connectivity index (χ2v) is 3.34. The third-order valence-electron chi connectivity index (χ3n) is 1.62. The Morgan fingerprint density at radius 3 is 3.17 bits per heavy atom. The molecule has 0 radical (unpaired) electrons. The molecule has 0 saturated carbocycles. The molecule has 0 aromatic heterocycles. The van der Waals surface area contributed by atoms with Crippen molar-refractivity contribution in [2.24, 2.45) is 0 Å². The van der Waals surface area contributed by atoms with Gasteiger partial charge in [0, 0.05) is 0 Å². The minimum Gasteiger partial charge on any atom is -0.481 e. The van der Waals surface area contributed by atoms with E-state index >= 15 is 0 Å². The first-order chi connectivity index (χ1) is 5.77. The molecular weight excluding hydrogens is 176 g/mol. The van der Waals surface area contributed by atoms with E-state index in [2.05, 4.69) is 0 Å². The zero-order valence-electron chi connectivity index (χ0n) is 6.11. The van der Waals surface area contributed by atoms with Gasteiger partial charge in [-0.05, 0) is 18.2 Å². The van der Waals surface area contributed by atoms with Gasteiger partial charge in [-0.25, -0.2) is 4.79 Å². The second-order valence-electron chi connectivity index (χ2n) is 2.37. The summed E-state index contributed by atoms with van der Waals surface area (Å²) < 4.78 is 5.20. The summed E-state index contributed by atoms with van der Waals surface area (Å²) in [6, 6.07) is 4.88. The molecule has 12 heavy (non-hydrogen) atoms. The summed E-state index contributed by atoms with van der Waals surface area (Å²) in [4.78, 5) is 11.5. The summed E-state index contributed by atoms with van der Waals surface area (Å²) in [7, 11) is 0. The van der Waals surface area contributed by atoms with E-state index in [-0.39, 0.29) is 0 Å². The van der Waals surface area contributed by atoms with Crippen molar-refractivity contribution in [3.8, 4) is 5.75 Å². The maximum atomic E-state index is 10.6. The Labute approximate surface area is 73.3 Å². The first-order valence-electron chi connectivity index (χ1n) is 3.40. The molecule has 0 fully saturated rings. The first kappa shape index (κ1) is 7.49. The maximum absolute atomic E-state index is 10.6. The molecule has 0 atom stereocenters. The zero-order chi connectivity index (χ0) is 8.55. The molecule has 1 heterocycles. The number of hydrogen-bond donors (Lipinski definition) is 1. The fraction of sp³-hybridized carbons (Fsp3) is 0.125. The summed E-state index contributed by atoms with van der Waals surface area (Å²) in [5, 5.41) is 8.67. The topological polar surface area (TPSA) is 46.5 Å². The highest BCUT2D eigenvalue weighted by Gasteiger charge is 2.14. The van der Waals surface area contributed by atoms with Gasteiger partial charge < -0.3 is 9.84 Å². The van der Waals surface area contributed by atoms with Gasteiger partial charge >= 0.3 is 5.97 Å². The SMILES string of the molecule is O=C(O)c1ccc2c(c1)SCO2. The molecule has 1 N–H and O–H groups in total. The van der Waals surface area contributed by atoms with E-state index in [1.807, 2.05) is 0 Å². The average molecular weight is 182 g/mol. The summed E-state index contributed by atoms with van der Waals surface area (Å²) in [5.74, 6) is 0.466. The van der Waals surface area contributed by atoms with Crippen LogP contribution in [0.15, 0.2) is 23.1 Å². The molecule has 3 nitrogen and oxygen atoms in total. The number of fused-ring (bicyclic) bond motifs is 1. The number of benzene rings is 1. The minimum atomic E-state index is -0.898. The largest absolute Gasteiger partial charge is 0.481 e. The molecule has 0 amide bonds. The van der Waals surface area contributed by atoms with Crippen LogP contribution in [-0.2, 0) is 0 Å². The van der Waals surface area contributed by atoms with E-state index in [4.69, 9.17) is 9.84 Å². The predicted molar refractivity (Wildman–Crippen MR) is 44.8 cm³/mol. The lowest BCUT2D eigenvalue weighted by Gasteiger charge is -1.97. The van der Waals surface area contributed by atoms with Crippen molar-refractivity contribution >= 4 is 17.7 Å². The minimum absolute atomic E-state index is 0.312. The number of rotatable bonds is 1. The third kappa shape index (κ3) is 1.14. The van der Waals surface area contributed by atoms with Crippen molar-refractivity contribution in [2.75, 3.05) is 5.94 Å². The zero-order valence-corrected chi connectivity index (χ0v) is 6.93. The molecule has 0 unspecified atom stereocenters. The van der Waals surface area contributed by atoms with E-state index in [1.165, 1.54) is 11.8 Å². The van der Waals surface area contributed by atoms with Crippen LogP contribution in [0.2, 0.25) is 0 Å². The van der Waals surface area contributed by atoms with E-state index in [9.17, 15) is 4.79 Å². The number of ether oxygens (including phenoxy) is 1. The molecule has 0 spiro atoms. The van der Waals surface area contributed by atoms with E-state index in [1.54, 1.807) is 18.2 Å². The van der Waals surface area contributed by atoms with Crippen molar-refractivity contribution in [3.63, 3.8) is 0 Å². The molecule has 62 valence electrons. The number of carboxylic acid groups (broad SMARTS) is 1. The van der Waals surface area contributed by atoms with E-state index < -0.39 is 5.97 Å². The van der Waals surface area contributed by atoms with Crippen molar-refractivity contribution in [1.82, 2.24) is 0 Å². The van der Waals surface area contributed by atoms with Crippen molar-refractivity contribution in [2.45, 2.75) is 4.90 Å². The molecule has 1 aromatic carbocycles. The summed E-state index contributed by atoms with van der Waals surface area (Å²) >= 11 is 1.51. The van der Waals surface area contributed by atoms with Gasteiger partial charge in [-0.2, -0.15) is 0 Å². The van der Waals surface area contributed by atoms with Gasteiger partial charge in [0.25, 0.3) is 0 Å². The number of thioether (sulfide) groups is 1. The second kappa shape index (κ2) is 2.71. The van der Waals surface area contributed by atoms with Gasteiger partial charge in [-0.15, -0.1) is 0 Å². The molecule has 1 aliphatic heterocycles. The van der Waals surface area contributed by atoms with Crippen LogP contribution in [0.3, 0.4) is 0 Å². The number of hydrogen-bond acceptors (Lipinski definition) is 3. The van der Waals surface area contributed by atoms with Gasteiger partial charge in [-0.1, -0.05) is 11.8 Å². The molecule has 1 aromatic rings. The Morgan fingerprint density at radius 2 is 2.42 bits per heavy atom. The predicted octanol–water partition coefficient (Wildman–Crippen LogP) is 1.83. The standard InChI is InChI=1S/C8H6O3S/c9-8(10)5-1-2-6-7(3-5)12-4-11-6/h1-3H,4H2,(H,9,10). The van der Waals surface area contributed by atoms with Crippen LogP contribution < -0.4 is 4.74 Å². The van der Waals surface area contributed by atoms with Crippen molar-refractivity contribution < 1.29 is 14.6 Å². The summed E-state index contributed by atoms with van der Waals surface area (Å²) in [6.07, 6.45) is 0. The Bertz CT molecular complexity index is 335. The van der Waals surface area contributed by atoms with Crippen LogP contribution in [0.25, 0.3) is 0 Å². The molecule has 0 bridgehead atoms. The lowest BCUT2D eigenvalue weighted by atomic mass is 10.2. The normalized spacial score (nSPS) is 13.7. The lowest BCUT2D eigenvalue weighted by molar-refractivity contribution is 0.0696. The van der Waals surface area contributed by atoms with Gasteiger partial charge in [0.15, 0.2) is 0 Å². The molecule has 0 saturated heterocycles. The van der Waals surface area contributed by atoms with Crippen LogP contribution >= 0.6 is 11.8 Å². The molecular formula is C8H6O3S. The highest BCUT2D eigenvalue weighted by molar-refractivity contribution is 7.99. The highest BCUT2D eigenvalue weighted by atomic mass is 32.2. The molecule has 2 rings (SSSR count). The Kier molecular flexibility index (Phi) is 1.69. The van der Waals surface area contributed by atoms with Crippen LogP contribution in [0.5, 0.6) is 5.75 Å². The van der Waals surface area contributed by atoms with Crippen LogP contribution in [0, 0.1) is 0 Å². The van der Waals surface area contributed by atoms with Crippen molar-refractivity contribution in [1.29, 1.82) is 0 Å². The van der Waals surface area contributed by atoms with E-state index in [0.29, 0.717) is 11.5 Å². The Morgan fingerprint density at radius 1 is 1.58 bits per heavy atom. The lowest BCUT2D eigenvalue weighted by Crippen LogP contribution is -1.95. The van der Waals surface area contributed by atoms with Crippen molar-refractivity contribution in [3.05, 3.63) is 23.8 Å². The van der Waals surface area contributed by atoms with Gasteiger partial charge in [0.05, 0.1) is 10.5 Å². The number of carboxylic acids is 1. The fourth-order valence-electron chi connectivity index (χ4n) is 1.03. The number of carbonyl (C=O) groups is 1. The quantitative estimate of drug-likeness (QED) is 0.719. The van der Waals surface area contributed by atoms with Crippen LogP contribution in [-0.4, -0.2) is 17.0 Å². The molecule has 1 aliphatic rings. The summed E-state index contributed by atoms with van der Waals surface area (Å²) in [6.45, 7) is 0. The molecule has 4 heteroatoms. The molecule has 0 aliphatic carbocycles. The monoisotopic (exact) mass is 182 g/mol. The highest BCUT2D eigenvalue weighted by Crippen LogP contribution is 2.36.